The van der Waals surface area contributed by atoms with E-state index in [9.17, 15) is 9.59 Å². The lowest BCUT2D eigenvalue weighted by Gasteiger charge is -2.12. The second kappa shape index (κ2) is 10.8. The number of hydrogen-bond acceptors (Lipinski definition) is 5. The molecule has 2 rings (SSSR count). The Bertz CT molecular complexity index is 905. The Balaban J connectivity index is 1.88. The highest BCUT2D eigenvalue weighted by molar-refractivity contribution is 9.10. The largest absolute Gasteiger partial charge is 0.496 e. The summed E-state index contributed by atoms with van der Waals surface area (Å²) in [5.41, 5.74) is 5.71. The van der Waals surface area contributed by atoms with Crippen molar-refractivity contribution >= 4 is 45.1 Å². The van der Waals surface area contributed by atoms with Gasteiger partial charge in [-0.1, -0.05) is 19.9 Å². The average molecular weight is 480 g/mol. The van der Waals surface area contributed by atoms with Crippen molar-refractivity contribution < 1.29 is 19.1 Å². The summed E-state index contributed by atoms with van der Waals surface area (Å²) in [4.78, 5) is 24.6. The summed E-state index contributed by atoms with van der Waals surface area (Å²) in [6.45, 7) is 4.64. The van der Waals surface area contributed by atoms with Crippen molar-refractivity contribution in [3.63, 3.8) is 0 Å². The van der Waals surface area contributed by atoms with Crippen LogP contribution in [0.15, 0.2) is 46.9 Å². The van der Waals surface area contributed by atoms with Crippen LogP contribution in [0.3, 0.4) is 0 Å². The maximum Gasteiger partial charge on any atom is 0.269 e. The van der Waals surface area contributed by atoms with Gasteiger partial charge in [-0.15, -0.1) is 0 Å². The molecule has 0 saturated heterocycles. The van der Waals surface area contributed by atoms with Crippen LogP contribution in [0, 0.1) is 5.92 Å². The van der Waals surface area contributed by atoms with Crippen LogP contribution in [0.25, 0.3) is 0 Å². The molecule has 0 fully saturated rings. The highest BCUT2D eigenvalue weighted by Crippen LogP contribution is 2.25. The fourth-order valence-corrected chi connectivity index (χ4v) is 2.87. The minimum absolute atomic E-state index is 0.0376. The number of carbonyl (C=O) groups is 2. The highest BCUT2D eigenvalue weighted by atomic mass is 79.9. The lowest BCUT2D eigenvalue weighted by Crippen LogP contribution is -2.48. The number of hydrazine groups is 1. The molecule has 0 radical (unpaired) electrons. The molecule has 0 spiro atoms. The van der Waals surface area contributed by atoms with E-state index >= 15 is 0 Å². The summed E-state index contributed by atoms with van der Waals surface area (Å²) in [7, 11) is 1.54. The van der Waals surface area contributed by atoms with Crippen LogP contribution < -0.4 is 25.6 Å². The van der Waals surface area contributed by atoms with Crippen molar-refractivity contribution in [1.82, 2.24) is 16.2 Å². The maximum absolute atomic E-state index is 12.3. The zero-order valence-electron chi connectivity index (χ0n) is 16.2. The second-order valence-corrected chi connectivity index (χ2v) is 7.71. The minimum atomic E-state index is -0.422. The number of thiocarbonyl (C=S) groups is 1. The zero-order chi connectivity index (χ0) is 21.4. The second-order valence-electron chi connectivity index (χ2n) is 6.44. The van der Waals surface area contributed by atoms with Crippen LogP contribution in [0.5, 0.6) is 11.5 Å². The fourth-order valence-electron chi connectivity index (χ4n) is 2.19. The number of ether oxygens (including phenoxy) is 2. The molecule has 2 aromatic carbocycles. The van der Waals surface area contributed by atoms with Crippen LogP contribution in [-0.2, 0) is 0 Å². The van der Waals surface area contributed by atoms with Gasteiger partial charge in [0.25, 0.3) is 11.8 Å². The molecule has 0 unspecified atom stereocenters. The van der Waals surface area contributed by atoms with Crippen molar-refractivity contribution in [2.75, 3.05) is 13.7 Å². The van der Waals surface area contributed by atoms with Gasteiger partial charge < -0.3 is 9.47 Å². The molecule has 29 heavy (non-hydrogen) atoms. The Kier molecular flexibility index (Phi) is 8.41. The lowest BCUT2D eigenvalue weighted by molar-refractivity contribution is 0.0934. The first-order valence-corrected chi connectivity index (χ1v) is 9.98. The van der Waals surface area contributed by atoms with E-state index in [0.717, 1.165) is 0 Å². The zero-order valence-corrected chi connectivity index (χ0v) is 18.6. The first-order chi connectivity index (χ1) is 13.8. The van der Waals surface area contributed by atoms with Gasteiger partial charge in [-0.25, -0.2) is 0 Å². The molecule has 9 heteroatoms. The highest BCUT2D eigenvalue weighted by Gasteiger charge is 2.12. The van der Waals surface area contributed by atoms with E-state index in [1.165, 1.54) is 7.11 Å². The SMILES string of the molecule is COc1ccc(C(=O)NNC(=S)NC(=O)c2cccc(OCC(C)C)c2)cc1Br. The number of benzene rings is 2. The molecule has 0 saturated carbocycles. The number of nitrogens with one attached hydrogen (secondary N) is 3. The average Bonchev–Trinajstić information content (AvgIpc) is 2.70. The van der Waals surface area contributed by atoms with Gasteiger partial charge in [-0.2, -0.15) is 0 Å². The molecule has 154 valence electrons. The van der Waals surface area contributed by atoms with Crippen molar-refractivity contribution in [1.29, 1.82) is 0 Å². The van der Waals surface area contributed by atoms with Crippen LogP contribution in [0.4, 0.5) is 0 Å². The van der Waals surface area contributed by atoms with Crippen molar-refractivity contribution in [2.45, 2.75) is 13.8 Å². The molecule has 0 aliphatic rings. The number of halogens is 1. The molecule has 0 aliphatic carbocycles. The van der Waals surface area contributed by atoms with Crippen LogP contribution in [0.1, 0.15) is 34.6 Å². The van der Waals surface area contributed by atoms with Crippen LogP contribution >= 0.6 is 28.1 Å². The van der Waals surface area contributed by atoms with Crippen LogP contribution in [-0.4, -0.2) is 30.6 Å². The third-order valence-electron chi connectivity index (χ3n) is 3.61. The smallest absolute Gasteiger partial charge is 0.269 e. The van der Waals surface area contributed by atoms with Gasteiger partial charge in [0.15, 0.2) is 5.11 Å². The number of hydrogen-bond donors (Lipinski definition) is 3. The molecular formula is C20H22BrN3O4S. The molecule has 7 nitrogen and oxygen atoms in total. The van der Waals surface area contributed by atoms with E-state index in [1.54, 1.807) is 42.5 Å². The van der Waals surface area contributed by atoms with Gasteiger partial charge in [-0.3, -0.25) is 25.8 Å². The van der Waals surface area contributed by atoms with Gasteiger partial charge in [0, 0.05) is 11.1 Å². The van der Waals surface area contributed by atoms with Gasteiger partial charge in [-0.05, 0) is 70.5 Å². The molecule has 0 bridgehead atoms. The molecule has 3 N–H and O–H groups in total. The van der Waals surface area contributed by atoms with E-state index in [0.29, 0.717) is 39.6 Å². The summed E-state index contributed by atoms with van der Waals surface area (Å²) < 4.78 is 11.4. The Morgan fingerprint density at radius 3 is 2.45 bits per heavy atom. The maximum atomic E-state index is 12.3. The van der Waals surface area contributed by atoms with E-state index < -0.39 is 11.8 Å². The van der Waals surface area contributed by atoms with E-state index in [4.69, 9.17) is 21.7 Å². The molecule has 0 atom stereocenters. The van der Waals surface area contributed by atoms with E-state index in [-0.39, 0.29) is 5.11 Å². The predicted octanol–water partition coefficient (Wildman–Crippen LogP) is 3.44. The summed E-state index contributed by atoms with van der Waals surface area (Å²) >= 11 is 8.38. The number of carbonyl (C=O) groups excluding carboxylic acids is 2. The summed E-state index contributed by atoms with van der Waals surface area (Å²) in [6, 6.07) is 11.7. The lowest BCUT2D eigenvalue weighted by atomic mass is 10.2. The molecule has 2 amide bonds. The Labute approximate surface area is 183 Å². The summed E-state index contributed by atoms with van der Waals surface area (Å²) in [6.07, 6.45) is 0. The quantitative estimate of drug-likeness (QED) is 0.434. The van der Waals surface area contributed by atoms with Crippen molar-refractivity contribution in [3.8, 4) is 11.5 Å². The number of methoxy groups -OCH3 is 1. The number of amides is 2. The molecule has 0 heterocycles. The third kappa shape index (κ3) is 7.03. The fraction of sp³-hybridized carbons (Fsp3) is 0.250. The third-order valence-corrected chi connectivity index (χ3v) is 4.43. The van der Waals surface area contributed by atoms with E-state index in [2.05, 4.69) is 32.1 Å². The van der Waals surface area contributed by atoms with Crippen molar-refractivity contribution in [3.05, 3.63) is 58.1 Å². The molecule has 0 aromatic heterocycles. The van der Waals surface area contributed by atoms with Gasteiger partial charge >= 0.3 is 0 Å². The predicted molar refractivity (Wildman–Crippen MR) is 118 cm³/mol. The van der Waals surface area contributed by atoms with Gasteiger partial charge in [0.05, 0.1) is 18.2 Å². The standard InChI is InChI=1S/C20H22BrN3O4S/c1-12(2)11-28-15-6-4-5-13(9-15)18(25)22-20(29)24-23-19(26)14-7-8-17(27-3)16(21)10-14/h4-10,12H,11H2,1-3H3,(H,23,26)(H2,22,24,25,29). The monoisotopic (exact) mass is 479 g/mol. The normalized spacial score (nSPS) is 10.2. The van der Waals surface area contributed by atoms with E-state index in [1.807, 2.05) is 13.8 Å². The molecule has 0 aliphatic heterocycles. The molecule has 2 aromatic rings. The Morgan fingerprint density at radius 1 is 1.07 bits per heavy atom. The Morgan fingerprint density at radius 2 is 1.79 bits per heavy atom. The van der Waals surface area contributed by atoms with Gasteiger partial charge in [0.1, 0.15) is 11.5 Å². The minimum Gasteiger partial charge on any atom is -0.496 e. The first kappa shape index (κ1) is 22.6. The van der Waals surface area contributed by atoms with Gasteiger partial charge in [0.2, 0.25) is 0 Å². The Hall–Kier alpha value is -2.65. The topological polar surface area (TPSA) is 88.7 Å². The summed E-state index contributed by atoms with van der Waals surface area (Å²) in [5.74, 6) is 0.743. The van der Waals surface area contributed by atoms with Crippen LogP contribution in [0.2, 0.25) is 0 Å². The number of rotatable bonds is 6. The first-order valence-electron chi connectivity index (χ1n) is 8.78. The molecular weight excluding hydrogens is 458 g/mol. The summed E-state index contributed by atoms with van der Waals surface area (Å²) in [5, 5.41) is 2.47. The van der Waals surface area contributed by atoms with Crippen molar-refractivity contribution in [2.24, 2.45) is 5.92 Å².